The van der Waals surface area contributed by atoms with E-state index in [4.69, 9.17) is 18.0 Å². The molecule has 118 valence electrons. The second-order valence-electron chi connectivity index (χ2n) is 5.65. The van der Waals surface area contributed by atoms with Crippen LogP contribution in [-0.4, -0.2) is 16.5 Å². The van der Waals surface area contributed by atoms with Gasteiger partial charge in [-0.3, -0.25) is 0 Å². The molecule has 0 aliphatic rings. The van der Waals surface area contributed by atoms with Crippen LogP contribution in [0.25, 0.3) is 0 Å². The molecule has 0 aromatic carbocycles. The molecule has 0 unspecified atom stereocenters. The summed E-state index contributed by atoms with van der Waals surface area (Å²) in [5, 5.41) is 3.37. The van der Waals surface area contributed by atoms with Gasteiger partial charge in [-0.25, -0.2) is 4.98 Å². The molecular weight excluding hydrogens is 278 g/mol. The summed E-state index contributed by atoms with van der Waals surface area (Å²) in [4.78, 5) is 4.88. The Bertz CT molecular complexity index is 432. The Hall–Kier alpha value is -1.16. The van der Waals surface area contributed by atoms with Crippen molar-refractivity contribution in [3.8, 4) is 0 Å². The standard InChI is InChI=1S/C17H29N3S/c1-3-4-5-6-7-8-9-10-11-19-16-13-15(17(18)21)12-14(2)20-16/h12-13H,3-11H2,1-2H3,(H2,18,21)(H,19,20). The Morgan fingerprint density at radius 1 is 1.10 bits per heavy atom. The van der Waals surface area contributed by atoms with Gasteiger partial charge in [0.2, 0.25) is 0 Å². The molecule has 1 heterocycles. The molecule has 4 heteroatoms. The molecule has 0 atom stereocenters. The summed E-state index contributed by atoms with van der Waals surface area (Å²) in [6, 6.07) is 3.85. The summed E-state index contributed by atoms with van der Waals surface area (Å²) in [5.41, 5.74) is 7.50. The van der Waals surface area contributed by atoms with Crippen molar-refractivity contribution in [2.75, 3.05) is 11.9 Å². The minimum Gasteiger partial charge on any atom is -0.389 e. The summed E-state index contributed by atoms with van der Waals surface area (Å²) >= 11 is 5.02. The van der Waals surface area contributed by atoms with Crippen molar-refractivity contribution in [1.29, 1.82) is 0 Å². The average molecular weight is 308 g/mol. The number of aromatic nitrogens is 1. The maximum atomic E-state index is 5.67. The van der Waals surface area contributed by atoms with Gasteiger partial charge in [-0.15, -0.1) is 0 Å². The lowest BCUT2D eigenvalue weighted by Gasteiger charge is -2.08. The molecule has 1 aromatic rings. The summed E-state index contributed by atoms with van der Waals surface area (Å²) in [6.07, 6.45) is 10.7. The number of aryl methyl sites for hydroxylation is 1. The van der Waals surface area contributed by atoms with Crippen molar-refractivity contribution in [2.45, 2.75) is 65.2 Å². The predicted octanol–water partition coefficient (Wildman–Crippen LogP) is 4.58. The van der Waals surface area contributed by atoms with E-state index < -0.39 is 0 Å². The van der Waals surface area contributed by atoms with Crippen LogP contribution in [0.4, 0.5) is 5.82 Å². The third-order valence-corrected chi connectivity index (χ3v) is 3.81. The SMILES string of the molecule is CCCCCCCCCCNc1cc(C(N)=S)cc(C)n1. The maximum absolute atomic E-state index is 5.67. The van der Waals surface area contributed by atoms with Crippen molar-refractivity contribution in [2.24, 2.45) is 5.73 Å². The second kappa shape index (κ2) is 10.6. The fourth-order valence-electron chi connectivity index (χ4n) is 2.38. The number of unbranched alkanes of at least 4 members (excludes halogenated alkanes) is 7. The zero-order valence-electron chi connectivity index (χ0n) is 13.5. The number of hydrogen-bond acceptors (Lipinski definition) is 3. The number of hydrogen-bond donors (Lipinski definition) is 2. The van der Waals surface area contributed by atoms with Gasteiger partial charge in [-0.05, 0) is 25.5 Å². The lowest BCUT2D eigenvalue weighted by molar-refractivity contribution is 0.581. The van der Waals surface area contributed by atoms with Gasteiger partial charge in [0.05, 0.1) is 0 Å². The molecule has 0 spiro atoms. The monoisotopic (exact) mass is 307 g/mol. The number of pyridine rings is 1. The molecule has 1 aromatic heterocycles. The highest BCUT2D eigenvalue weighted by Gasteiger charge is 2.02. The number of nitrogens with zero attached hydrogens (tertiary/aromatic N) is 1. The Kier molecular flexibility index (Phi) is 8.99. The highest BCUT2D eigenvalue weighted by Crippen LogP contribution is 2.11. The first-order valence-corrected chi connectivity index (χ1v) is 8.56. The van der Waals surface area contributed by atoms with Crippen molar-refractivity contribution < 1.29 is 0 Å². The molecule has 0 aliphatic heterocycles. The van der Waals surface area contributed by atoms with Crippen LogP contribution in [0, 0.1) is 6.92 Å². The molecule has 0 saturated carbocycles. The summed E-state index contributed by atoms with van der Waals surface area (Å²) < 4.78 is 0. The van der Waals surface area contributed by atoms with Crippen LogP contribution in [0.2, 0.25) is 0 Å². The fraction of sp³-hybridized carbons (Fsp3) is 0.647. The third kappa shape index (κ3) is 8.00. The minimum absolute atomic E-state index is 0.427. The zero-order chi connectivity index (χ0) is 15.5. The lowest BCUT2D eigenvalue weighted by atomic mass is 10.1. The second-order valence-corrected chi connectivity index (χ2v) is 6.09. The molecular formula is C17H29N3S. The number of nitrogens with one attached hydrogen (secondary N) is 1. The zero-order valence-corrected chi connectivity index (χ0v) is 14.3. The Morgan fingerprint density at radius 3 is 2.33 bits per heavy atom. The van der Waals surface area contributed by atoms with E-state index in [-0.39, 0.29) is 0 Å². The molecule has 1 rings (SSSR count). The first-order valence-electron chi connectivity index (χ1n) is 8.16. The van der Waals surface area contributed by atoms with E-state index in [2.05, 4.69) is 17.2 Å². The van der Waals surface area contributed by atoms with Gasteiger partial charge in [0.1, 0.15) is 10.8 Å². The van der Waals surface area contributed by atoms with Crippen LogP contribution in [0.15, 0.2) is 12.1 Å². The molecule has 3 nitrogen and oxygen atoms in total. The van der Waals surface area contributed by atoms with E-state index in [9.17, 15) is 0 Å². The van der Waals surface area contributed by atoms with Gasteiger partial charge in [-0.1, -0.05) is 64.1 Å². The van der Waals surface area contributed by atoms with E-state index in [0.29, 0.717) is 4.99 Å². The normalized spacial score (nSPS) is 10.6. The van der Waals surface area contributed by atoms with Crippen LogP contribution in [0.1, 0.15) is 69.5 Å². The van der Waals surface area contributed by atoms with Crippen molar-refractivity contribution in [3.05, 3.63) is 23.4 Å². The van der Waals surface area contributed by atoms with Gasteiger partial charge in [0, 0.05) is 17.8 Å². The number of thiocarbonyl (C=S) groups is 1. The third-order valence-electron chi connectivity index (χ3n) is 3.57. The fourth-order valence-corrected chi connectivity index (χ4v) is 2.49. The highest BCUT2D eigenvalue weighted by molar-refractivity contribution is 7.80. The summed E-state index contributed by atoms with van der Waals surface area (Å²) in [7, 11) is 0. The van der Waals surface area contributed by atoms with E-state index in [1.807, 2.05) is 19.1 Å². The Labute approximate surface area is 134 Å². The molecule has 21 heavy (non-hydrogen) atoms. The van der Waals surface area contributed by atoms with Crippen LogP contribution >= 0.6 is 12.2 Å². The van der Waals surface area contributed by atoms with Crippen LogP contribution < -0.4 is 11.1 Å². The van der Waals surface area contributed by atoms with E-state index in [1.54, 1.807) is 0 Å². The molecule has 0 bridgehead atoms. The molecule has 0 aliphatic carbocycles. The number of nitrogens with two attached hydrogens (primary N) is 1. The molecule has 0 radical (unpaired) electrons. The Morgan fingerprint density at radius 2 is 1.71 bits per heavy atom. The maximum Gasteiger partial charge on any atom is 0.126 e. The van der Waals surface area contributed by atoms with E-state index >= 15 is 0 Å². The van der Waals surface area contributed by atoms with E-state index in [1.165, 1.54) is 51.4 Å². The van der Waals surface area contributed by atoms with Gasteiger partial charge < -0.3 is 11.1 Å². The quantitative estimate of drug-likeness (QED) is 0.464. The molecule has 0 saturated heterocycles. The van der Waals surface area contributed by atoms with Gasteiger partial charge in [0.15, 0.2) is 0 Å². The van der Waals surface area contributed by atoms with Crippen molar-refractivity contribution in [1.82, 2.24) is 4.98 Å². The van der Waals surface area contributed by atoms with Crippen LogP contribution in [0.3, 0.4) is 0 Å². The largest absolute Gasteiger partial charge is 0.389 e. The van der Waals surface area contributed by atoms with Crippen molar-refractivity contribution >= 4 is 23.0 Å². The van der Waals surface area contributed by atoms with Crippen LogP contribution in [0.5, 0.6) is 0 Å². The average Bonchev–Trinajstić information content (AvgIpc) is 2.45. The first-order chi connectivity index (χ1) is 10.1. The minimum atomic E-state index is 0.427. The summed E-state index contributed by atoms with van der Waals surface area (Å²) in [6.45, 7) is 5.18. The smallest absolute Gasteiger partial charge is 0.126 e. The van der Waals surface area contributed by atoms with Gasteiger partial charge in [0.25, 0.3) is 0 Å². The topological polar surface area (TPSA) is 50.9 Å². The van der Waals surface area contributed by atoms with E-state index in [0.717, 1.165) is 23.6 Å². The molecule has 0 amide bonds. The predicted molar refractivity (Wildman–Crippen MR) is 96.0 cm³/mol. The lowest BCUT2D eigenvalue weighted by Crippen LogP contribution is -2.12. The van der Waals surface area contributed by atoms with Crippen LogP contribution in [-0.2, 0) is 0 Å². The number of rotatable bonds is 11. The number of anilines is 1. The van der Waals surface area contributed by atoms with Crippen molar-refractivity contribution in [3.63, 3.8) is 0 Å². The summed E-state index contributed by atoms with van der Waals surface area (Å²) in [5.74, 6) is 0.876. The molecule has 0 fully saturated rings. The molecule has 3 N–H and O–H groups in total. The Balaban J connectivity index is 2.17. The highest BCUT2D eigenvalue weighted by atomic mass is 32.1. The van der Waals surface area contributed by atoms with Gasteiger partial charge >= 0.3 is 0 Å². The van der Waals surface area contributed by atoms with Gasteiger partial charge in [-0.2, -0.15) is 0 Å². The first kappa shape index (κ1) is 17.9.